The molecule has 0 spiro atoms. The Kier molecular flexibility index (Phi) is 5.94. The number of nitrogens with zero attached hydrogens (tertiary/aromatic N) is 2. The van der Waals surface area contributed by atoms with E-state index in [1.807, 2.05) is 6.92 Å². The van der Waals surface area contributed by atoms with Gasteiger partial charge in [-0.25, -0.2) is 4.98 Å². The van der Waals surface area contributed by atoms with E-state index in [1.165, 1.54) is 5.56 Å². The number of hydrogen-bond donors (Lipinski definition) is 1. The molecule has 154 valence electrons. The summed E-state index contributed by atoms with van der Waals surface area (Å²) in [5.41, 5.74) is 8.56. The van der Waals surface area contributed by atoms with E-state index >= 15 is 0 Å². The summed E-state index contributed by atoms with van der Waals surface area (Å²) < 4.78 is 1.62. The summed E-state index contributed by atoms with van der Waals surface area (Å²) in [4.78, 5) is 31.4. The number of aryl methyl sites for hydroxylation is 2. The molecule has 2 N–H and O–H groups in total. The van der Waals surface area contributed by atoms with E-state index in [1.54, 1.807) is 15.9 Å². The zero-order valence-corrected chi connectivity index (χ0v) is 18.7. The van der Waals surface area contributed by atoms with Crippen molar-refractivity contribution in [2.75, 3.05) is 0 Å². The van der Waals surface area contributed by atoms with Crippen molar-refractivity contribution < 1.29 is 4.79 Å². The van der Waals surface area contributed by atoms with Crippen molar-refractivity contribution in [1.29, 1.82) is 0 Å². The fraction of sp³-hybridized carbons (Fsp3) is 0.435. The van der Waals surface area contributed by atoms with Gasteiger partial charge in [-0.15, -0.1) is 11.3 Å². The topological polar surface area (TPSA) is 78.0 Å². The molecule has 0 radical (unpaired) electrons. The second-order valence-electron chi connectivity index (χ2n) is 8.32. The average molecular weight is 412 g/mol. The van der Waals surface area contributed by atoms with Crippen LogP contribution in [0.3, 0.4) is 0 Å². The van der Waals surface area contributed by atoms with Crippen LogP contribution in [0.2, 0.25) is 0 Å². The van der Waals surface area contributed by atoms with E-state index < -0.39 is 5.91 Å². The first-order valence-electron chi connectivity index (χ1n) is 10.1. The third-order valence-corrected chi connectivity index (χ3v) is 6.45. The fourth-order valence-corrected chi connectivity index (χ4v) is 4.73. The van der Waals surface area contributed by atoms with E-state index in [4.69, 9.17) is 10.7 Å². The number of carbonyl (C=O) groups excluding carboxylic acids is 1. The summed E-state index contributed by atoms with van der Waals surface area (Å²) in [5.74, 6) is 0.277. The Morgan fingerprint density at radius 2 is 1.79 bits per heavy atom. The first-order chi connectivity index (χ1) is 13.7. The molecule has 0 aliphatic heterocycles. The highest BCUT2D eigenvalue weighted by molar-refractivity contribution is 7.19. The van der Waals surface area contributed by atoms with E-state index in [0.29, 0.717) is 17.6 Å². The van der Waals surface area contributed by atoms with Crippen LogP contribution < -0.4 is 11.3 Å². The SMILES string of the molecule is CCc1sc2nc(CC)n(CCC(N)=O)c(=O)c2c1-c1ccc(C(C)(C)C)cc1. The molecule has 1 amide bonds. The number of primary amides is 1. The number of thiophene rings is 1. The number of carbonyl (C=O) groups is 1. The molecular weight excluding hydrogens is 382 g/mol. The average Bonchev–Trinajstić information content (AvgIpc) is 3.05. The van der Waals surface area contributed by atoms with Crippen molar-refractivity contribution in [2.24, 2.45) is 5.73 Å². The largest absolute Gasteiger partial charge is 0.370 e. The van der Waals surface area contributed by atoms with Gasteiger partial charge >= 0.3 is 0 Å². The van der Waals surface area contributed by atoms with Crippen molar-refractivity contribution >= 4 is 27.5 Å². The van der Waals surface area contributed by atoms with Gasteiger partial charge in [0.05, 0.1) is 5.39 Å². The van der Waals surface area contributed by atoms with Gasteiger partial charge in [-0.2, -0.15) is 0 Å². The lowest BCUT2D eigenvalue weighted by atomic mass is 9.86. The Balaban J connectivity index is 2.24. The molecule has 0 bridgehead atoms. The van der Waals surface area contributed by atoms with E-state index in [0.717, 1.165) is 27.3 Å². The van der Waals surface area contributed by atoms with Crippen LogP contribution in [0.1, 0.15) is 57.3 Å². The third-order valence-electron chi connectivity index (χ3n) is 5.22. The minimum atomic E-state index is -0.420. The lowest BCUT2D eigenvalue weighted by molar-refractivity contribution is -0.118. The Bertz CT molecular complexity index is 1100. The van der Waals surface area contributed by atoms with Gasteiger partial charge in [0.2, 0.25) is 5.91 Å². The normalized spacial score (nSPS) is 11.9. The number of amides is 1. The Morgan fingerprint density at radius 1 is 1.14 bits per heavy atom. The van der Waals surface area contributed by atoms with Gasteiger partial charge in [0.15, 0.2) is 0 Å². The van der Waals surface area contributed by atoms with Crippen molar-refractivity contribution in [3.8, 4) is 11.1 Å². The Labute approximate surface area is 175 Å². The van der Waals surface area contributed by atoms with Crippen molar-refractivity contribution in [3.63, 3.8) is 0 Å². The Morgan fingerprint density at radius 3 is 2.31 bits per heavy atom. The molecule has 6 heteroatoms. The van der Waals surface area contributed by atoms with Crippen LogP contribution in [0.5, 0.6) is 0 Å². The summed E-state index contributed by atoms with van der Waals surface area (Å²) in [6.45, 7) is 10.9. The molecule has 29 heavy (non-hydrogen) atoms. The second kappa shape index (κ2) is 8.11. The zero-order chi connectivity index (χ0) is 21.3. The van der Waals surface area contributed by atoms with E-state index in [-0.39, 0.29) is 23.9 Å². The summed E-state index contributed by atoms with van der Waals surface area (Å²) in [7, 11) is 0. The minimum Gasteiger partial charge on any atom is -0.370 e. The van der Waals surface area contributed by atoms with E-state index in [2.05, 4.69) is 52.0 Å². The molecule has 3 rings (SSSR count). The first-order valence-corrected chi connectivity index (χ1v) is 10.9. The van der Waals surface area contributed by atoms with Crippen LogP contribution in [0.15, 0.2) is 29.1 Å². The van der Waals surface area contributed by atoms with Gasteiger partial charge in [-0.05, 0) is 23.0 Å². The third kappa shape index (κ3) is 4.13. The van der Waals surface area contributed by atoms with E-state index in [9.17, 15) is 9.59 Å². The molecule has 1 aromatic carbocycles. The monoisotopic (exact) mass is 411 g/mol. The van der Waals surface area contributed by atoms with Gasteiger partial charge in [-0.3, -0.25) is 14.2 Å². The van der Waals surface area contributed by atoms with Crippen LogP contribution in [0, 0.1) is 0 Å². The highest BCUT2D eigenvalue weighted by atomic mass is 32.1. The molecule has 0 unspecified atom stereocenters. The van der Waals surface area contributed by atoms with Gasteiger partial charge in [-0.1, -0.05) is 58.9 Å². The predicted octanol–water partition coefficient (Wildman–Crippen LogP) is 4.42. The van der Waals surface area contributed by atoms with Gasteiger partial charge in [0, 0.05) is 29.8 Å². The second-order valence-corrected chi connectivity index (χ2v) is 9.40. The fourth-order valence-electron chi connectivity index (χ4n) is 3.59. The standard InChI is InChI=1S/C23H29N3O2S/c1-6-16-19(14-8-10-15(11-9-14)23(3,4)5)20-21(29-16)25-18(7-2)26(22(20)28)13-12-17(24)27/h8-11H,6-7,12-13H2,1-5H3,(H2,24,27). The molecule has 2 aromatic heterocycles. The molecule has 0 fully saturated rings. The molecule has 0 aliphatic rings. The molecule has 3 aromatic rings. The lowest BCUT2D eigenvalue weighted by Crippen LogP contribution is -2.27. The van der Waals surface area contributed by atoms with Crippen LogP contribution in [0.4, 0.5) is 0 Å². The summed E-state index contributed by atoms with van der Waals surface area (Å²) in [6.07, 6.45) is 1.58. The molecule has 5 nitrogen and oxygen atoms in total. The molecule has 0 atom stereocenters. The summed E-state index contributed by atoms with van der Waals surface area (Å²) in [5, 5.41) is 0.650. The maximum absolute atomic E-state index is 13.4. The number of fused-ring (bicyclic) bond motifs is 1. The van der Waals surface area contributed by atoms with Gasteiger partial charge < -0.3 is 5.73 Å². The molecule has 0 saturated carbocycles. The number of nitrogens with two attached hydrogens (primary N) is 1. The smallest absolute Gasteiger partial charge is 0.262 e. The number of benzene rings is 1. The minimum absolute atomic E-state index is 0.0713. The highest BCUT2D eigenvalue weighted by Crippen LogP contribution is 2.37. The highest BCUT2D eigenvalue weighted by Gasteiger charge is 2.21. The van der Waals surface area contributed by atoms with Gasteiger partial charge in [0.25, 0.3) is 5.56 Å². The quantitative estimate of drug-likeness (QED) is 0.652. The number of aromatic nitrogens is 2. The predicted molar refractivity (Wildman–Crippen MR) is 121 cm³/mol. The number of hydrogen-bond acceptors (Lipinski definition) is 4. The molecule has 2 heterocycles. The first kappa shape index (κ1) is 21.2. The van der Waals surface area contributed by atoms with Gasteiger partial charge in [0.1, 0.15) is 10.7 Å². The van der Waals surface area contributed by atoms with Crippen LogP contribution in [0.25, 0.3) is 21.3 Å². The maximum atomic E-state index is 13.4. The number of rotatable bonds is 6. The summed E-state index contributed by atoms with van der Waals surface area (Å²) in [6, 6.07) is 8.47. The van der Waals surface area contributed by atoms with Crippen LogP contribution >= 0.6 is 11.3 Å². The van der Waals surface area contributed by atoms with Crippen molar-refractivity contribution in [1.82, 2.24) is 9.55 Å². The van der Waals surface area contributed by atoms with Crippen molar-refractivity contribution in [2.45, 2.75) is 65.8 Å². The zero-order valence-electron chi connectivity index (χ0n) is 17.8. The summed E-state index contributed by atoms with van der Waals surface area (Å²) >= 11 is 1.59. The molecule has 0 aliphatic carbocycles. The van der Waals surface area contributed by atoms with Crippen LogP contribution in [-0.2, 0) is 29.6 Å². The molecular formula is C23H29N3O2S. The lowest BCUT2D eigenvalue weighted by Gasteiger charge is -2.19. The van der Waals surface area contributed by atoms with Crippen LogP contribution in [-0.4, -0.2) is 15.5 Å². The maximum Gasteiger partial charge on any atom is 0.262 e. The Hall–Kier alpha value is -2.47. The molecule has 0 saturated heterocycles. The van der Waals surface area contributed by atoms with Crippen molar-refractivity contribution in [3.05, 3.63) is 50.9 Å².